The van der Waals surface area contributed by atoms with Gasteiger partial charge in [0.15, 0.2) is 0 Å². The maximum absolute atomic E-state index is 12.0. The fraction of sp³-hybridized carbons (Fsp3) is 0.263. The number of amides is 1. The van der Waals surface area contributed by atoms with Gasteiger partial charge in [-0.1, -0.05) is 30.3 Å². The van der Waals surface area contributed by atoms with Crippen LogP contribution in [0.1, 0.15) is 32.6 Å². The van der Waals surface area contributed by atoms with Crippen LogP contribution >= 0.6 is 23.1 Å². The average molecular weight is 370 g/mol. The Bertz CT molecular complexity index is 914. The number of thiophene rings is 1. The maximum atomic E-state index is 12.0. The van der Waals surface area contributed by atoms with Gasteiger partial charge in [0.05, 0.1) is 28.9 Å². The van der Waals surface area contributed by atoms with Gasteiger partial charge in [-0.15, -0.1) is 23.1 Å². The highest BCUT2D eigenvalue weighted by Crippen LogP contribution is 2.46. The molecule has 25 heavy (non-hydrogen) atoms. The molecule has 4 nitrogen and oxygen atoms in total. The summed E-state index contributed by atoms with van der Waals surface area (Å²) in [7, 11) is 0. The average Bonchev–Trinajstić information content (AvgIpc) is 3.11. The van der Waals surface area contributed by atoms with Crippen molar-refractivity contribution in [2.45, 2.75) is 25.6 Å². The highest BCUT2D eigenvalue weighted by Gasteiger charge is 2.29. The Hall–Kier alpha value is -2.05. The Labute approximate surface area is 155 Å². The van der Waals surface area contributed by atoms with Gasteiger partial charge in [-0.05, 0) is 30.9 Å². The van der Waals surface area contributed by atoms with Gasteiger partial charge in [0.25, 0.3) is 0 Å². The number of aryl methyl sites for hydroxylation is 1. The Morgan fingerprint density at radius 3 is 2.84 bits per heavy atom. The smallest absolute Gasteiger partial charge is 0.234 e. The summed E-state index contributed by atoms with van der Waals surface area (Å²) in [6, 6.07) is 12.4. The Kier molecular flexibility index (Phi) is 4.39. The quantitative estimate of drug-likeness (QED) is 0.745. The SMILES string of the molecule is Cc1nn(Cc2ccccc2)c(C)c1C1SCC(=O)Nc2ccsc21. The maximum Gasteiger partial charge on any atom is 0.234 e. The lowest BCUT2D eigenvalue weighted by atomic mass is 10.1. The molecule has 1 unspecified atom stereocenters. The second-order valence-corrected chi connectivity index (χ2v) is 8.21. The summed E-state index contributed by atoms with van der Waals surface area (Å²) in [6.07, 6.45) is 0. The van der Waals surface area contributed by atoms with E-state index in [0.717, 1.165) is 17.9 Å². The van der Waals surface area contributed by atoms with E-state index in [4.69, 9.17) is 5.10 Å². The molecule has 0 radical (unpaired) electrons. The third kappa shape index (κ3) is 3.12. The number of thioether (sulfide) groups is 1. The van der Waals surface area contributed by atoms with Crippen LogP contribution in [0.15, 0.2) is 41.8 Å². The highest BCUT2D eigenvalue weighted by molar-refractivity contribution is 8.00. The van der Waals surface area contributed by atoms with Crippen LogP contribution in [0.5, 0.6) is 0 Å². The summed E-state index contributed by atoms with van der Waals surface area (Å²) in [5, 5.41) is 10.00. The number of rotatable bonds is 3. The van der Waals surface area contributed by atoms with Gasteiger partial charge in [-0.25, -0.2) is 0 Å². The van der Waals surface area contributed by atoms with Crippen LogP contribution in [0, 0.1) is 13.8 Å². The van der Waals surface area contributed by atoms with Crippen LogP contribution in [-0.4, -0.2) is 21.4 Å². The summed E-state index contributed by atoms with van der Waals surface area (Å²) < 4.78 is 2.08. The van der Waals surface area contributed by atoms with Crippen molar-refractivity contribution >= 4 is 34.7 Å². The van der Waals surface area contributed by atoms with E-state index >= 15 is 0 Å². The summed E-state index contributed by atoms with van der Waals surface area (Å²) in [5.74, 6) is 0.536. The van der Waals surface area contributed by atoms with Crippen molar-refractivity contribution < 1.29 is 4.79 Å². The number of hydrogen-bond donors (Lipinski definition) is 1. The number of aromatic nitrogens is 2. The van der Waals surface area contributed by atoms with Crippen LogP contribution in [0.4, 0.5) is 5.69 Å². The lowest BCUT2D eigenvalue weighted by Crippen LogP contribution is -2.11. The van der Waals surface area contributed by atoms with E-state index in [2.05, 4.69) is 48.1 Å². The first-order valence-electron chi connectivity index (χ1n) is 8.20. The fourth-order valence-electron chi connectivity index (χ4n) is 3.26. The molecule has 1 atom stereocenters. The van der Waals surface area contributed by atoms with E-state index < -0.39 is 0 Å². The van der Waals surface area contributed by atoms with Gasteiger partial charge < -0.3 is 5.32 Å². The van der Waals surface area contributed by atoms with E-state index in [1.165, 1.54) is 21.7 Å². The van der Waals surface area contributed by atoms with Gasteiger partial charge in [0.1, 0.15) is 0 Å². The zero-order chi connectivity index (χ0) is 17.4. The van der Waals surface area contributed by atoms with Crippen molar-refractivity contribution in [3.8, 4) is 0 Å². The molecule has 2 aromatic heterocycles. The number of benzene rings is 1. The van der Waals surface area contributed by atoms with Crippen molar-refractivity contribution in [2.24, 2.45) is 0 Å². The molecular weight excluding hydrogens is 350 g/mol. The van der Waals surface area contributed by atoms with E-state index in [0.29, 0.717) is 5.75 Å². The Morgan fingerprint density at radius 2 is 2.04 bits per heavy atom. The first-order chi connectivity index (χ1) is 12.1. The minimum Gasteiger partial charge on any atom is -0.324 e. The van der Waals surface area contributed by atoms with Crippen LogP contribution in [0.25, 0.3) is 0 Å². The molecule has 3 heterocycles. The van der Waals surface area contributed by atoms with Gasteiger partial charge >= 0.3 is 0 Å². The molecule has 6 heteroatoms. The fourth-order valence-corrected chi connectivity index (χ4v) is 5.65. The standard InChI is InChI=1S/C19H19N3OS2/c1-12-17(13(2)22(21-12)10-14-6-4-3-5-7-14)19-18-15(8-9-24-18)20-16(23)11-25-19/h3-9,19H,10-11H2,1-2H3,(H,20,23). The molecule has 1 amide bonds. The van der Waals surface area contributed by atoms with E-state index in [1.807, 2.05) is 17.5 Å². The van der Waals surface area contributed by atoms with Crippen molar-refractivity contribution in [1.82, 2.24) is 9.78 Å². The first-order valence-corrected chi connectivity index (χ1v) is 10.1. The third-order valence-corrected chi connectivity index (χ3v) is 6.83. The van der Waals surface area contributed by atoms with Crippen molar-refractivity contribution in [1.29, 1.82) is 0 Å². The topological polar surface area (TPSA) is 46.9 Å². The largest absolute Gasteiger partial charge is 0.324 e. The lowest BCUT2D eigenvalue weighted by molar-refractivity contribution is -0.113. The van der Waals surface area contributed by atoms with Crippen LogP contribution in [0.2, 0.25) is 0 Å². The molecule has 128 valence electrons. The van der Waals surface area contributed by atoms with Crippen molar-refractivity contribution in [3.05, 3.63) is 69.2 Å². The zero-order valence-electron chi connectivity index (χ0n) is 14.2. The molecule has 1 aliphatic rings. The summed E-state index contributed by atoms with van der Waals surface area (Å²) in [5.41, 5.74) is 5.63. The minimum absolute atomic E-state index is 0.0686. The second-order valence-electron chi connectivity index (χ2n) is 6.17. The van der Waals surface area contributed by atoms with Crippen molar-refractivity contribution in [2.75, 3.05) is 11.1 Å². The molecule has 1 aliphatic heterocycles. The number of carbonyl (C=O) groups excluding carboxylic acids is 1. The monoisotopic (exact) mass is 369 g/mol. The summed E-state index contributed by atoms with van der Waals surface area (Å²) in [6.45, 7) is 4.96. The van der Waals surface area contributed by atoms with Gasteiger partial charge in [0.2, 0.25) is 5.91 Å². The minimum atomic E-state index is 0.0686. The first kappa shape index (κ1) is 16.4. The Balaban J connectivity index is 1.73. The van der Waals surface area contributed by atoms with Gasteiger partial charge in [-0.2, -0.15) is 5.10 Å². The molecular formula is C19H19N3OS2. The number of fused-ring (bicyclic) bond motifs is 1. The predicted molar refractivity (Wildman–Crippen MR) is 104 cm³/mol. The molecule has 0 fully saturated rings. The number of nitrogens with one attached hydrogen (secondary N) is 1. The van der Waals surface area contributed by atoms with E-state index in [-0.39, 0.29) is 11.2 Å². The predicted octanol–water partition coefficient (Wildman–Crippen LogP) is 4.38. The van der Waals surface area contributed by atoms with E-state index in [1.54, 1.807) is 23.1 Å². The summed E-state index contributed by atoms with van der Waals surface area (Å²) in [4.78, 5) is 13.2. The molecule has 4 rings (SSSR count). The molecule has 1 N–H and O–H groups in total. The molecule has 0 saturated carbocycles. The van der Waals surface area contributed by atoms with Gasteiger partial charge in [-0.3, -0.25) is 9.48 Å². The molecule has 1 aromatic carbocycles. The van der Waals surface area contributed by atoms with Gasteiger partial charge in [0, 0.05) is 16.1 Å². The Morgan fingerprint density at radius 1 is 1.24 bits per heavy atom. The van der Waals surface area contributed by atoms with E-state index in [9.17, 15) is 4.79 Å². The number of nitrogens with zero attached hydrogens (tertiary/aromatic N) is 2. The van der Waals surface area contributed by atoms with Crippen LogP contribution in [0.3, 0.4) is 0 Å². The number of anilines is 1. The normalized spacial score (nSPS) is 17.0. The van der Waals surface area contributed by atoms with Crippen LogP contribution in [-0.2, 0) is 11.3 Å². The number of carbonyl (C=O) groups is 1. The molecule has 0 aliphatic carbocycles. The van der Waals surface area contributed by atoms with Crippen LogP contribution < -0.4 is 5.32 Å². The molecule has 3 aromatic rings. The molecule has 0 spiro atoms. The zero-order valence-corrected chi connectivity index (χ0v) is 15.8. The third-order valence-electron chi connectivity index (χ3n) is 4.46. The lowest BCUT2D eigenvalue weighted by Gasteiger charge is -2.15. The number of hydrogen-bond acceptors (Lipinski definition) is 4. The highest BCUT2D eigenvalue weighted by atomic mass is 32.2. The summed E-state index contributed by atoms with van der Waals surface area (Å²) >= 11 is 3.39. The second kappa shape index (κ2) is 6.69. The molecule has 0 bridgehead atoms. The van der Waals surface area contributed by atoms with Crippen molar-refractivity contribution in [3.63, 3.8) is 0 Å². The molecule has 0 saturated heterocycles.